The van der Waals surface area contributed by atoms with E-state index >= 15 is 0 Å². The van der Waals surface area contributed by atoms with Gasteiger partial charge in [0.2, 0.25) is 0 Å². The number of amides is 1. The van der Waals surface area contributed by atoms with Gasteiger partial charge in [0.05, 0.1) is 12.7 Å². The molecule has 184 valence electrons. The van der Waals surface area contributed by atoms with E-state index < -0.39 is 11.7 Å². The number of benzene rings is 1. The predicted molar refractivity (Wildman–Crippen MR) is 127 cm³/mol. The highest BCUT2D eigenvalue weighted by Gasteiger charge is 2.43. The van der Waals surface area contributed by atoms with Gasteiger partial charge in [0.25, 0.3) is 11.9 Å². The van der Waals surface area contributed by atoms with Crippen molar-refractivity contribution < 1.29 is 23.4 Å². The van der Waals surface area contributed by atoms with Crippen molar-refractivity contribution in [3.05, 3.63) is 35.0 Å². The average Bonchev–Trinajstić information content (AvgIpc) is 3.20. The molecule has 0 atom stereocenters. The normalized spacial score (nSPS) is 24.9. The van der Waals surface area contributed by atoms with Crippen molar-refractivity contribution in [3.8, 4) is 5.75 Å². The first-order valence-corrected chi connectivity index (χ1v) is 12.5. The minimum atomic E-state index is -0.466. The highest BCUT2D eigenvalue weighted by Crippen LogP contribution is 2.47. The van der Waals surface area contributed by atoms with E-state index in [-0.39, 0.29) is 29.6 Å². The molecular formula is C26H34FN3O4. The molecule has 7 nitrogen and oxygen atoms in total. The summed E-state index contributed by atoms with van der Waals surface area (Å²) >= 11 is 0. The largest absolute Gasteiger partial charge is 0.487 e. The number of rotatable bonds is 8. The fraction of sp³-hybridized carbons (Fsp3) is 0.615. The van der Waals surface area contributed by atoms with Crippen LogP contribution in [0.2, 0.25) is 0 Å². The number of oxazole rings is 1. The topological polar surface area (TPSA) is 87.8 Å². The summed E-state index contributed by atoms with van der Waals surface area (Å²) in [5.41, 5.74) is 1.09. The van der Waals surface area contributed by atoms with Crippen molar-refractivity contribution in [3.63, 3.8) is 0 Å². The summed E-state index contributed by atoms with van der Waals surface area (Å²) in [6.45, 7) is 7.13. The molecule has 6 rings (SSSR count). The first kappa shape index (κ1) is 23.1. The highest BCUT2D eigenvalue weighted by atomic mass is 19.1. The number of nitrogens with zero attached hydrogens (tertiary/aromatic N) is 2. The van der Waals surface area contributed by atoms with E-state index in [1.54, 1.807) is 13.0 Å². The minimum Gasteiger partial charge on any atom is -0.487 e. The van der Waals surface area contributed by atoms with Crippen LogP contribution < -0.4 is 15.0 Å². The van der Waals surface area contributed by atoms with Crippen LogP contribution in [0.3, 0.4) is 0 Å². The van der Waals surface area contributed by atoms with Crippen molar-refractivity contribution in [1.82, 2.24) is 4.98 Å². The minimum absolute atomic E-state index is 0.0746. The molecule has 2 aromatic rings. The van der Waals surface area contributed by atoms with Gasteiger partial charge >= 0.3 is 0 Å². The quantitative estimate of drug-likeness (QED) is 0.580. The van der Waals surface area contributed by atoms with Crippen LogP contribution in [0.5, 0.6) is 5.75 Å². The van der Waals surface area contributed by atoms with Crippen LogP contribution in [-0.2, 0) is 6.42 Å². The Morgan fingerprint density at radius 1 is 1.26 bits per heavy atom. The Morgan fingerprint density at radius 2 is 1.97 bits per heavy atom. The summed E-state index contributed by atoms with van der Waals surface area (Å²) < 4.78 is 26.8. The van der Waals surface area contributed by atoms with E-state index in [2.05, 4.69) is 17.2 Å². The summed E-state index contributed by atoms with van der Waals surface area (Å²) in [4.78, 5) is 19.4. The Balaban J connectivity index is 1.27. The van der Waals surface area contributed by atoms with Crippen LogP contribution in [0, 0.1) is 30.0 Å². The Kier molecular flexibility index (Phi) is 6.04. The fourth-order valence-corrected chi connectivity index (χ4v) is 5.73. The molecule has 1 aliphatic heterocycles. The van der Waals surface area contributed by atoms with Crippen molar-refractivity contribution in [1.29, 1.82) is 0 Å². The van der Waals surface area contributed by atoms with Gasteiger partial charge < -0.3 is 24.5 Å². The van der Waals surface area contributed by atoms with Crippen LogP contribution in [-0.4, -0.2) is 41.8 Å². The number of ether oxygens (including phenoxy) is 1. The Bertz CT molecular complexity index is 1030. The maximum absolute atomic E-state index is 14.9. The third-order valence-corrected chi connectivity index (χ3v) is 7.93. The molecule has 2 bridgehead atoms. The number of anilines is 2. The molecule has 0 radical (unpaired) electrons. The molecule has 0 unspecified atom stereocenters. The lowest BCUT2D eigenvalue weighted by atomic mass is 9.64. The van der Waals surface area contributed by atoms with E-state index in [9.17, 15) is 14.3 Å². The Hall–Kier alpha value is -2.61. The van der Waals surface area contributed by atoms with E-state index in [0.29, 0.717) is 42.5 Å². The third-order valence-electron chi connectivity index (χ3n) is 7.93. The summed E-state index contributed by atoms with van der Waals surface area (Å²) in [5.74, 6) is 1.32. The number of aliphatic hydroxyl groups excluding tert-OH is 1. The molecule has 0 spiro atoms. The standard InChI is InChI=1S/C26H34FN3O4/c1-4-21-22(29-25(34-21)30-12-26(5-2,13-30)14-31)24(32)28-18-6-15(3)23(20(27)11-18)33-19-9-16-7-17(8-16)10-19/h6,11,16-17,19,31H,4-5,7-10,12-14H2,1-3H3,(H,28,32). The number of aliphatic hydroxyl groups is 1. The molecule has 4 fully saturated rings. The molecule has 3 aliphatic carbocycles. The molecule has 1 amide bonds. The molecule has 1 aromatic heterocycles. The van der Waals surface area contributed by atoms with Gasteiger partial charge in [-0.05, 0) is 62.5 Å². The van der Waals surface area contributed by atoms with Crippen molar-refractivity contribution >= 4 is 17.6 Å². The van der Waals surface area contributed by atoms with Gasteiger partial charge in [0, 0.05) is 36.7 Å². The van der Waals surface area contributed by atoms with Crippen molar-refractivity contribution in [2.24, 2.45) is 17.3 Å². The number of nitrogens with one attached hydrogen (secondary N) is 1. The first-order valence-electron chi connectivity index (χ1n) is 12.5. The lowest BCUT2D eigenvalue weighted by Gasteiger charge is -2.48. The zero-order valence-corrected chi connectivity index (χ0v) is 20.2. The number of carbonyl (C=O) groups excluding carboxylic acids is 1. The summed E-state index contributed by atoms with van der Waals surface area (Å²) in [7, 11) is 0. The molecule has 1 saturated heterocycles. The molecular weight excluding hydrogens is 437 g/mol. The monoisotopic (exact) mass is 471 g/mol. The van der Waals surface area contributed by atoms with Gasteiger partial charge in [-0.25, -0.2) is 4.39 Å². The van der Waals surface area contributed by atoms with Crippen LogP contribution in [0.4, 0.5) is 16.1 Å². The lowest BCUT2D eigenvalue weighted by molar-refractivity contribution is 0.0109. The summed E-state index contributed by atoms with van der Waals surface area (Å²) in [5, 5.41) is 12.4. The highest BCUT2D eigenvalue weighted by molar-refractivity contribution is 6.03. The molecule has 1 aromatic carbocycles. The number of aromatic nitrogens is 1. The second-order valence-electron chi connectivity index (χ2n) is 10.5. The van der Waals surface area contributed by atoms with Gasteiger partial charge in [-0.3, -0.25) is 4.79 Å². The zero-order chi connectivity index (χ0) is 24.0. The van der Waals surface area contributed by atoms with E-state index in [1.807, 2.05) is 11.8 Å². The second kappa shape index (κ2) is 8.87. The Labute approximate surface area is 199 Å². The summed E-state index contributed by atoms with van der Waals surface area (Å²) in [6, 6.07) is 3.43. The first-order chi connectivity index (χ1) is 16.3. The number of halogens is 1. The average molecular weight is 472 g/mol. The van der Waals surface area contributed by atoms with Gasteiger partial charge in [0.1, 0.15) is 5.76 Å². The lowest BCUT2D eigenvalue weighted by Crippen LogP contribution is -2.58. The molecule has 2 N–H and O–H groups in total. The fourth-order valence-electron chi connectivity index (χ4n) is 5.73. The smallest absolute Gasteiger partial charge is 0.298 e. The van der Waals surface area contributed by atoms with Gasteiger partial charge in [-0.15, -0.1) is 0 Å². The molecule has 4 aliphatic rings. The van der Waals surface area contributed by atoms with Crippen LogP contribution in [0.1, 0.15) is 67.8 Å². The van der Waals surface area contributed by atoms with Crippen LogP contribution >= 0.6 is 0 Å². The van der Waals surface area contributed by atoms with Crippen molar-refractivity contribution in [2.45, 2.75) is 65.4 Å². The molecule has 2 heterocycles. The predicted octanol–water partition coefficient (Wildman–Crippen LogP) is 4.71. The maximum atomic E-state index is 14.9. The third kappa shape index (κ3) is 4.17. The van der Waals surface area contributed by atoms with E-state index in [4.69, 9.17) is 9.15 Å². The number of aryl methyl sites for hydroxylation is 2. The number of carbonyl (C=O) groups is 1. The van der Waals surface area contributed by atoms with E-state index in [1.165, 1.54) is 18.9 Å². The van der Waals surface area contributed by atoms with E-state index in [0.717, 1.165) is 31.1 Å². The van der Waals surface area contributed by atoms with Gasteiger partial charge in [0.15, 0.2) is 17.3 Å². The number of hydrogen-bond acceptors (Lipinski definition) is 6. The summed E-state index contributed by atoms with van der Waals surface area (Å²) in [6.07, 6.45) is 6.01. The molecule has 8 heteroatoms. The molecule has 34 heavy (non-hydrogen) atoms. The second-order valence-corrected chi connectivity index (χ2v) is 10.5. The van der Waals surface area contributed by atoms with Gasteiger partial charge in [-0.1, -0.05) is 13.8 Å². The SMILES string of the molecule is CCc1oc(N2CC(CC)(CO)C2)nc1C(=O)Nc1cc(C)c(OC2CC3CC(C3)C2)c(F)c1. The number of fused-ring (bicyclic) bond motifs is 2. The Morgan fingerprint density at radius 3 is 2.56 bits per heavy atom. The number of hydrogen-bond donors (Lipinski definition) is 2. The zero-order valence-electron chi connectivity index (χ0n) is 20.2. The van der Waals surface area contributed by atoms with Crippen LogP contribution in [0.15, 0.2) is 16.5 Å². The van der Waals surface area contributed by atoms with Crippen LogP contribution in [0.25, 0.3) is 0 Å². The maximum Gasteiger partial charge on any atom is 0.298 e. The van der Waals surface area contributed by atoms with Gasteiger partial charge in [-0.2, -0.15) is 4.98 Å². The van der Waals surface area contributed by atoms with Crippen molar-refractivity contribution in [2.75, 3.05) is 29.9 Å². The molecule has 3 saturated carbocycles.